The van der Waals surface area contributed by atoms with Gasteiger partial charge in [0.2, 0.25) is 12.5 Å². The molecule has 172 valence electrons. The minimum Gasteiger partial charge on any atom is -0.493 e. The molecule has 0 unspecified atom stereocenters. The van der Waals surface area contributed by atoms with Crippen molar-refractivity contribution in [3.05, 3.63) is 40.5 Å². The number of nitrogens with zero attached hydrogens (tertiary/aromatic N) is 1. The van der Waals surface area contributed by atoms with Crippen molar-refractivity contribution in [3.8, 4) is 28.7 Å². The third-order valence-corrected chi connectivity index (χ3v) is 5.24. The van der Waals surface area contributed by atoms with E-state index in [4.69, 9.17) is 23.7 Å². The van der Waals surface area contributed by atoms with Gasteiger partial charge in [0, 0.05) is 24.1 Å². The molecule has 2 aromatic carbocycles. The highest BCUT2D eigenvalue weighted by Crippen LogP contribution is 2.46. The van der Waals surface area contributed by atoms with Crippen LogP contribution >= 0.6 is 0 Å². The normalized spacial score (nSPS) is 12.1. The Balaban J connectivity index is 2.09. The molecule has 0 saturated heterocycles. The molecule has 1 heterocycles. The number of hydrogen-bond donors (Lipinski definition) is 1. The van der Waals surface area contributed by atoms with Crippen LogP contribution in [0.25, 0.3) is 0 Å². The van der Waals surface area contributed by atoms with Gasteiger partial charge in [-0.05, 0) is 44.3 Å². The Bertz CT molecular complexity index is 1030. The van der Waals surface area contributed by atoms with Crippen LogP contribution in [0.4, 0.5) is 0 Å². The lowest BCUT2D eigenvalue weighted by Crippen LogP contribution is -2.18. The Kier molecular flexibility index (Phi) is 7.09. The number of methoxy groups -OCH3 is 3. The highest BCUT2D eigenvalue weighted by atomic mass is 16.7. The largest absolute Gasteiger partial charge is 0.493 e. The van der Waals surface area contributed by atoms with Crippen molar-refractivity contribution < 1.29 is 38.4 Å². The predicted molar refractivity (Wildman–Crippen MR) is 116 cm³/mol. The molecule has 0 saturated carbocycles. The summed E-state index contributed by atoms with van der Waals surface area (Å²) in [5, 5.41) is 9.79. The van der Waals surface area contributed by atoms with E-state index in [-0.39, 0.29) is 35.8 Å². The molecular formula is C23H27NO8. The third-order valence-electron chi connectivity index (χ3n) is 5.24. The summed E-state index contributed by atoms with van der Waals surface area (Å²) >= 11 is 0. The van der Waals surface area contributed by atoms with Crippen molar-refractivity contribution in [3.63, 3.8) is 0 Å². The number of rotatable bonds is 10. The Hall–Kier alpha value is -3.46. The van der Waals surface area contributed by atoms with Gasteiger partial charge in [0.15, 0.2) is 28.8 Å². The maximum Gasteiger partial charge on any atom is 0.340 e. The number of carbonyl (C=O) groups excluding carboxylic acids is 1. The van der Waals surface area contributed by atoms with Gasteiger partial charge in [0.05, 0.1) is 21.3 Å². The summed E-state index contributed by atoms with van der Waals surface area (Å²) in [6, 6.07) is 4.80. The van der Waals surface area contributed by atoms with Crippen LogP contribution in [0.2, 0.25) is 0 Å². The van der Waals surface area contributed by atoms with Crippen LogP contribution in [0.3, 0.4) is 0 Å². The van der Waals surface area contributed by atoms with E-state index in [0.717, 1.165) is 12.1 Å². The van der Waals surface area contributed by atoms with Crippen molar-refractivity contribution in [2.45, 2.75) is 12.8 Å². The topological polar surface area (TPSA) is 104 Å². The molecule has 32 heavy (non-hydrogen) atoms. The van der Waals surface area contributed by atoms with Crippen LogP contribution < -0.4 is 23.7 Å². The molecule has 0 radical (unpaired) electrons. The van der Waals surface area contributed by atoms with Gasteiger partial charge in [-0.2, -0.15) is 0 Å². The first-order chi connectivity index (χ1) is 15.3. The zero-order valence-corrected chi connectivity index (χ0v) is 18.8. The minimum absolute atomic E-state index is 0.00340. The fourth-order valence-corrected chi connectivity index (χ4v) is 3.71. The van der Waals surface area contributed by atoms with Crippen LogP contribution in [0.1, 0.15) is 31.8 Å². The van der Waals surface area contributed by atoms with Gasteiger partial charge >= 0.3 is 5.97 Å². The molecule has 1 aliphatic rings. The monoisotopic (exact) mass is 445 g/mol. The summed E-state index contributed by atoms with van der Waals surface area (Å²) in [4.78, 5) is 27.4. The van der Waals surface area contributed by atoms with E-state index in [1.54, 1.807) is 0 Å². The molecule has 3 rings (SSSR count). The Morgan fingerprint density at radius 2 is 1.78 bits per heavy atom. The van der Waals surface area contributed by atoms with Crippen molar-refractivity contribution in [1.29, 1.82) is 0 Å². The minimum atomic E-state index is -1.28. The third kappa shape index (κ3) is 4.43. The molecule has 1 aliphatic heterocycles. The van der Waals surface area contributed by atoms with Gasteiger partial charge < -0.3 is 33.7 Å². The fourth-order valence-electron chi connectivity index (χ4n) is 3.71. The van der Waals surface area contributed by atoms with Crippen molar-refractivity contribution in [2.75, 3.05) is 48.8 Å². The average molecular weight is 445 g/mol. The first-order valence-electron chi connectivity index (χ1n) is 9.96. The number of carboxylic acid groups (broad SMARTS) is 1. The fraction of sp³-hybridized carbons (Fsp3) is 0.391. The summed E-state index contributed by atoms with van der Waals surface area (Å²) in [5.74, 6) is -0.0374. The van der Waals surface area contributed by atoms with Crippen LogP contribution in [-0.4, -0.2) is 70.5 Å². The summed E-state index contributed by atoms with van der Waals surface area (Å²) in [5.41, 5.74) is 1.28. The summed E-state index contributed by atoms with van der Waals surface area (Å²) in [6.45, 7) is 0.801. The number of ether oxygens (including phenoxy) is 5. The zero-order chi connectivity index (χ0) is 23.4. The average Bonchev–Trinajstić information content (AvgIpc) is 3.24. The number of benzene rings is 2. The zero-order valence-electron chi connectivity index (χ0n) is 18.8. The second-order valence-corrected chi connectivity index (χ2v) is 7.46. The number of aromatic carboxylic acids is 1. The van der Waals surface area contributed by atoms with Crippen molar-refractivity contribution >= 4 is 11.8 Å². The lowest BCUT2D eigenvalue weighted by Gasteiger charge is -2.18. The highest BCUT2D eigenvalue weighted by molar-refractivity contribution is 6.09. The Labute approximate surface area is 186 Å². The number of hydrogen-bond acceptors (Lipinski definition) is 8. The second kappa shape index (κ2) is 9.78. The summed E-state index contributed by atoms with van der Waals surface area (Å²) in [7, 11) is 8.15. The molecule has 0 bridgehead atoms. The van der Waals surface area contributed by atoms with Crippen LogP contribution in [0.5, 0.6) is 28.7 Å². The molecular weight excluding hydrogens is 418 g/mol. The van der Waals surface area contributed by atoms with Gasteiger partial charge in [-0.15, -0.1) is 0 Å². The van der Waals surface area contributed by atoms with E-state index in [1.807, 2.05) is 25.1 Å². The van der Waals surface area contributed by atoms with E-state index in [1.165, 1.54) is 33.5 Å². The van der Waals surface area contributed by atoms with Gasteiger partial charge in [-0.1, -0.05) is 0 Å². The predicted octanol–water partition coefficient (Wildman–Crippen LogP) is 2.67. The first kappa shape index (κ1) is 23.2. The number of carboxylic acids is 1. The molecule has 0 aliphatic carbocycles. The number of ketones is 1. The van der Waals surface area contributed by atoms with E-state index in [2.05, 4.69) is 0 Å². The number of fused-ring (bicyclic) bond motifs is 1. The van der Waals surface area contributed by atoms with Crippen LogP contribution in [-0.2, 0) is 12.8 Å². The lowest BCUT2D eigenvalue weighted by molar-refractivity contribution is 0.0687. The maximum absolute atomic E-state index is 13.4. The molecule has 1 N–H and O–H groups in total. The van der Waals surface area contributed by atoms with Crippen molar-refractivity contribution in [1.82, 2.24) is 4.90 Å². The van der Waals surface area contributed by atoms with Gasteiger partial charge in [-0.3, -0.25) is 4.79 Å². The smallest absolute Gasteiger partial charge is 0.340 e. The Morgan fingerprint density at radius 1 is 1.06 bits per heavy atom. The molecule has 0 fully saturated rings. The molecule has 0 spiro atoms. The maximum atomic E-state index is 13.4. The van der Waals surface area contributed by atoms with Gasteiger partial charge in [-0.25, -0.2) is 4.79 Å². The van der Waals surface area contributed by atoms with Gasteiger partial charge in [0.25, 0.3) is 0 Å². The van der Waals surface area contributed by atoms with E-state index < -0.39 is 11.8 Å². The SMILES string of the molecule is COc1ccc(C(=O)Cc2c(CCN(C)C)cc3c(c2OC)OCO3)c(C(=O)O)c1OC. The number of likely N-dealkylation sites (N-methyl/N-ethyl adjacent to an activating group) is 1. The lowest BCUT2D eigenvalue weighted by atomic mass is 9.92. The van der Waals surface area contributed by atoms with Gasteiger partial charge in [0.1, 0.15) is 5.56 Å². The number of Topliss-reactive ketones (excluding diaryl/α,β-unsaturated/α-hetero) is 1. The summed E-state index contributed by atoms with van der Waals surface area (Å²) in [6.07, 6.45) is 0.554. The molecule has 0 amide bonds. The summed E-state index contributed by atoms with van der Waals surface area (Å²) < 4.78 is 27.1. The van der Waals surface area contributed by atoms with E-state index in [0.29, 0.717) is 29.2 Å². The van der Waals surface area contributed by atoms with Crippen LogP contribution in [0.15, 0.2) is 18.2 Å². The van der Waals surface area contributed by atoms with Crippen molar-refractivity contribution in [2.24, 2.45) is 0 Å². The number of carbonyl (C=O) groups is 2. The Morgan fingerprint density at radius 3 is 2.38 bits per heavy atom. The van der Waals surface area contributed by atoms with Crippen LogP contribution in [0, 0.1) is 0 Å². The molecule has 0 atom stereocenters. The molecule has 9 heteroatoms. The first-order valence-corrected chi connectivity index (χ1v) is 9.96. The molecule has 9 nitrogen and oxygen atoms in total. The molecule has 2 aromatic rings. The quantitative estimate of drug-likeness (QED) is 0.553. The molecule has 0 aromatic heterocycles. The standard InChI is InChI=1S/C23H27NO8/c1-24(2)9-8-13-10-18-22(32-12-31-18)20(29-4)15(13)11-16(25)14-6-7-17(28-3)21(30-5)19(14)23(26)27/h6-7,10H,8-9,11-12H2,1-5H3,(H,26,27). The second-order valence-electron chi connectivity index (χ2n) is 7.46. The highest BCUT2D eigenvalue weighted by Gasteiger charge is 2.29. The van der Waals surface area contributed by atoms with E-state index >= 15 is 0 Å². The van der Waals surface area contributed by atoms with E-state index in [9.17, 15) is 14.7 Å².